The van der Waals surface area contributed by atoms with Crippen molar-refractivity contribution in [3.8, 4) is 5.75 Å². The summed E-state index contributed by atoms with van der Waals surface area (Å²) in [5, 5.41) is 3.04. The predicted molar refractivity (Wildman–Crippen MR) is 80.2 cm³/mol. The number of likely N-dealkylation sites (N-methyl/N-ethyl adjacent to an activating group) is 1. The van der Waals surface area contributed by atoms with Gasteiger partial charge in [-0.25, -0.2) is 8.42 Å². The summed E-state index contributed by atoms with van der Waals surface area (Å²) in [5.74, 6) is 0.669. The first-order valence-electron chi connectivity index (χ1n) is 6.99. The van der Waals surface area contributed by atoms with Crippen LogP contribution in [0.15, 0.2) is 23.1 Å². The molecule has 7 heteroatoms. The van der Waals surface area contributed by atoms with Gasteiger partial charge in [0.25, 0.3) is 0 Å². The maximum Gasteiger partial charge on any atom is 0.243 e. The highest BCUT2D eigenvalue weighted by Crippen LogP contribution is 2.25. The van der Waals surface area contributed by atoms with Crippen LogP contribution < -0.4 is 10.1 Å². The molecule has 1 aromatic rings. The van der Waals surface area contributed by atoms with E-state index >= 15 is 0 Å². The van der Waals surface area contributed by atoms with Gasteiger partial charge >= 0.3 is 0 Å². The van der Waals surface area contributed by atoms with E-state index in [1.807, 2.05) is 7.05 Å². The number of hydrogen-bond donors (Lipinski definition) is 1. The molecule has 0 radical (unpaired) electrons. The van der Waals surface area contributed by atoms with Crippen LogP contribution in [0.1, 0.15) is 5.56 Å². The van der Waals surface area contributed by atoms with Crippen molar-refractivity contribution in [2.45, 2.75) is 11.3 Å². The van der Waals surface area contributed by atoms with Gasteiger partial charge in [0.1, 0.15) is 5.75 Å². The van der Waals surface area contributed by atoms with Crippen LogP contribution in [0.2, 0.25) is 0 Å². The third-order valence-corrected chi connectivity index (χ3v) is 5.50. The first kappa shape index (κ1) is 16.2. The van der Waals surface area contributed by atoms with Crippen molar-refractivity contribution in [1.82, 2.24) is 9.62 Å². The smallest absolute Gasteiger partial charge is 0.243 e. The number of rotatable bonds is 6. The average Bonchev–Trinajstić information content (AvgIpc) is 2.53. The Morgan fingerprint density at radius 3 is 2.67 bits per heavy atom. The van der Waals surface area contributed by atoms with E-state index in [0.29, 0.717) is 49.9 Å². The van der Waals surface area contributed by atoms with E-state index in [9.17, 15) is 8.42 Å². The van der Waals surface area contributed by atoms with E-state index in [2.05, 4.69) is 5.32 Å². The Balaban J connectivity index is 2.35. The number of methoxy groups -OCH3 is 1. The van der Waals surface area contributed by atoms with Crippen molar-refractivity contribution in [2.75, 3.05) is 47.0 Å². The maximum absolute atomic E-state index is 12.8. The second-order valence-electron chi connectivity index (χ2n) is 4.84. The van der Waals surface area contributed by atoms with Crippen molar-refractivity contribution in [1.29, 1.82) is 0 Å². The Morgan fingerprint density at radius 2 is 2.05 bits per heavy atom. The molecule has 21 heavy (non-hydrogen) atoms. The monoisotopic (exact) mass is 314 g/mol. The Labute approximate surface area is 126 Å². The Morgan fingerprint density at radius 1 is 1.33 bits per heavy atom. The number of sulfonamides is 1. The minimum atomic E-state index is -3.48. The molecule has 1 saturated heterocycles. The zero-order valence-electron chi connectivity index (χ0n) is 12.5. The normalized spacial score (nSPS) is 16.9. The molecule has 0 spiro atoms. The molecule has 0 atom stereocenters. The summed E-state index contributed by atoms with van der Waals surface area (Å²) in [6, 6.07) is 5.12. The second-order valence-corrected chi connectivity index (χ2v) is 6.75. The molecule has 1 heterocycles. The lowest BCUT2D eigenvalue weighted by atomic mass is 10.1. The van der Waals surface area contributed by atoms with E-state index in [0.717, 1.165) is 5.56 Å². The Kier molecular flexibility index (Phi) is 5.58. The van der Waals surface area contributed by atoms with Gasteiger partial charge < -0.3 is 14.8 Å². The van der Waals surface area contributed by atoms with Crippen molar-refractivity contribution >= 4 is 10.0 Å². The number of hydrogen-bond acceptors (Lipinski definition) is 5. The molecule has 0 amide bonds. The Bertz CT molecular complexity index is 568. The van der Waals surface area contributed by atoms with Crippen LogP contribution >= 0.6 is 0 Å². The lowest BCUT2D eigenvalue weighted by Crippen LogP contribution is -2.41. The summed E-state index contributed by atoms with van der Waals surface area (Å²) in [5.41, 5.74) is 0.773. The zero-order valence-corrected chi connectivity index (χ0v) is 13.3. The van der Waals surface area contributed by atoms with Gasteiger partial charge in [-0.3, -0.25) is 0 Å². The van der Waals surface area contributed by atoms with E-state index < -0.39 is 10.0 Å². The number of benzene rings is 1. The number of ether oxygens (including phenoxy) is 2. The molecule has 0 aliphatic carbocycles. The SMILES string of the molecule is CNCCc1cc(OC)ccc1S(=O)(=O)N1CCOCC1. The molecule has 0 aromatic heterocycles. The van der Waals surface area contributed by atoms with E-state index in [1.54, 1.807) is 25.3 Å². The highest BCUT2D eigenvalue weighted by Gasteiger charge is 2.28. The summed E-state index contributed by atoms with van der Waals surface area (Å²) in [7, 11) is -0.0578. The summed E-state index contributed by atoms with van der Waals surface area (Å²) in [6.07, 6.45) is 0.632. The van der Waals surface area contributed by atoms with Crippen LogP contribution in [-0.4, -0.2) is 59.7 Å². The van der Waals surface area contributed by atoms with Gasteiger partial charge in [0.2, 0.25) is 10.0 Å². The molecular weight excluding hydrogens is 292 g/mol. The zero-order chi connectivity index (χ0) is 15.3. The van der Waals surface area contributed by atoms with Crippen molar-refractivity contribution in [2.24, 2.45) is 0 Å². The molecular formula is C14H22N2O4S. The van der Waals surface area contributed by atoms with Crippen LogP contribution in [-0.2, 0) is 21.2 Å². The molecule has 1 aliphatic rings. The van der Waals surface area contributed by atoms with Crippen LogP contribution in [0.25, 0.3) is 0 Å². The topological polar surface area (TPSA) is 67.9 Å². The highest BCUT2D eigenvalue weighted by atomic mass is 32.2. The van der Waals surface area contributed by atoms with Crippen LogP contribution in [0, 0.1) is 0 Å². The molecule has 0 bridgehead atoms. The molecule has 0 saturated carbocycles. The predicted octanol–water partition coefficient (Wildman–Crippen LogP) is 0.478. The largest absolute Gasteiger partial charge is 0.497 e. The average molecular weight is 314 g/mol. The molecule has 6 nitrogen and oxygen atoms in total. The summed E-state index contributed by atoms with van der Waals surface area (Å²) < 4.78 is 37.5. The third-order valence-electron chi connectivity index (χ3n) is 3.50. The minimum Gasteiger partial charge on any atom is -0.497 e. The van der Waals surface area contributed by atoms with E-state index in [1.165, 1.54) is 4.31 Å². The van der Waals surface area contributed by atoms with Gasteiger partial charge in [-0.05, 0) is 43.8 Å². The highest BCUT2D eigenvalue weighted by molar-refractivity contribution is 7.89. The fourth-order valence-corrected chi connectivity index (χ4v) is 3.96. The molecule has 118 valence electrons. The van der Waals surface area contributed by atoms with Gasteiger partial charge in [0.15, 0.2) is 0 Å². The van der Waals surface area contributed by atoms with Crippen LogP contribution in [0.3, 0.4) is 0 Å². The third kappa shape index (κ3) is 3.74. The number of morpholine rings is 1. The standard InChI is InChI=1S/C14H22N2O4S/c1-15-6-5-12-11-13(19-2)3-4-14(12)21(17,18)16-7-9-20-10-8-16/h3-4,11,15H,5-10H2,1-2H3. The second kappa shape index (κ2) is 7.22. The fourth-order valence-electron chi connectivity index (χ4n) is 2.32. The van der Waals surface area contributed by atoms with Gasteiger partial charge in [0, 0.05) is 13.1 Å². The van der Waals surface area contributed by atoms with Crippen molar-refractivity contribution in [3.05, 3.63) is 23.8 Å². The van der Waals surface area contributed by atoms with Crippen molar-refractivity contribution < 1.29 is 17.9 Å². The molecule has 1 fully saturated rings. The van der Waals surface area contributed by atoms with Crippen molar-refractivity contribution in [3.63, 3.8) is 0 Å². The number of nitrogens with zero attached hydrogens (tertiary/aromatic N) is 1. The van der Waals surface area contributed by atoms with Gasteiger partial charge in [0.05, 0.1) is 25.2 Å². The first-order valence-corrected chi connectivity index (χ1v) is 8.43. The lowest BCUT2D eigenvalue weighted by molar-refractivity contribution is 0.0730. The Hall–Kier alpha value is -1.15. The van der Waals surface area contributed by atoms with Gasteiger partial charge in [-0.2, -0.15) is 4.31 Å². The van der Waals surface area contributed by atoms with E-state index in [-0.39, 0.29) is 0 Å². The van der Waals surface area contributed by atoms with E-state index in [4.69, 9.17) is 9.47 Å². The summed E-state index contributed by atoms with van der Waals surface area (Å²) >= 11 is 0. The summed E-state index contributed by atoms with van der Waals surface area (Å²) in [4.78, 5) is 0.362. The van der Waals surface area contributed by atoms with Crippen LogP contribution in [0.4, 0.5) is 0 Å². The number of nitrogens with one attached hydrogen (secondary N) is 1. The lowest BCUT2D eigenvalue weighted by Gasteiger charge is -2.27. The van der Waals surface area contributed by atoms with Gasteiger partial charge in [-0.15, -0.1) is 0 Å². The summed E-state index contributed by atoms with van der Waals surface area (Å²) in [6.45, 7) is 2.40. The maximum atomic E-state index is 12.8. The first-order chi connectivity index (χ1) is 10.1. The van der Waals surface area contributed by atoms with Gasteiger partial charge in [-0.1, -0.05) is 0 Å². The van der Waals surface area contributed by atoms with Crippen LogP contribution in [0.5, 0.6) is 5.75 Å². The quantitative estimate of drug-likeness (QED) is 0.827. The molecule has 0 unspecified atom stereocenters. The molecule has 1 N–H and O–H groups in total. The fraction of sp³-hybridized carbons (Fsp3) is 0.571. The molecule has 2 rings (SSSR count). The molecule has 1 aromatic carbocycles. The minimum absolute atomic E-state index is 0.362. The molecule has 1 aliphatic heterocycles.